The normalized spacial score (nSPS) is 18.3. The summed E-state index contributed by atoms with van der Waals surface area (Å²) in [6.07, 6.45) is 2.58. The summed E-state index contributed by atoms with van der Waals surface area (Å²) >= 11 is 1.64. The van der Waals surface area contributed by atoms with Gasteiger partial charge in [0.25, 0.3) is 5.91 Å². The van der Waals surface area contributed by atoms with Crippen molar-refractivity contribution in [2.75, 3.05) is 16.9 Å². The number of nitriles is 1. The molecule has 1 heterocycles. The summed E-state index contributed by atoms with van der Waals surface area (Å²) in [6.45, 7) is 0. The van der Waals surface area contributed by atoms with Crippen LogP contribution in [0.15, 0.2) is 24.3 Å². The average molecular weight is 275 g/mol. The quantitative estimate of drug-likeness (QED) is 0.849. The first-order chi connectivity index (χ1) is 9.17. The maximum atomic E-state index is 12.1. The van der Waals surface area contributed by atoms with Gasteiger partial charge >= 0.3 is 6.03 Å². The molecule has 0 radical (unpaired) electrons. The lowest BCUT2D eigenvalue weighted by atomic mass is 10.2. The van der Waals surface area contributed by atoms with Gasteiger partial charge in [-0.3, -0.25) is 4.79 Å². The van der Waals surface area contributed by atoms with E-state index in [-0.39, 0.29) is 5.91 Å². The minimum Gasteiger partial charge on any atom is -0.325 e. The number of urea groups is 1. The van der Waals surface area contributed by atoms with Gasteiger partial charge in [0.1, 0.15) is 6.04 Å². The zero-order valence-corrected chi connectivity index (χ0v) is 11.2. The van der Waals surface area contributed by atoms with Gasteiger partial charge in [0, 0.05) is 0 Å². The molecule has 0 spiro atoms. The van der Waals surface area contributed by atoms with Gasteiger partial charge in [0.15, 0.2) is 0 Å². The van der Waals surface area contributed by atoms with E-state index in [1.54, 1.807) is 36.0 Å². The Balaban J connectivity index is 2.17. The van der Waals surface area contributed by atoms with Crippen LogP contribution in [0.25, 0.3) is 0 Å². The van der Waals surface area contributed by atoms with Crippen LogP contribution in [0.1, 0.15) is 12.0 Å². The Hall–Kier alpha value is -2.00. The first kappa shape index (κ1) is 13.4. The predicted molar refractivity (Wildman–Crippen MR) is 74.0 cm³/mol. The number of nitrogens with one attached hydrogen (secondary N) is 1. The van der Waals surface area contributed by atoms with Gasteiger partial charge in [0.05, 0.1) is 17.3 Å². The van der Waals surface area contributed by atoms with Crippen LogP contribution in [0.3, 0.4) is 0 Å². The molecule has 0 saturated carbocycles. The lowest BCUT2D eigenvalue weighted by Crippen LogP contribution is -2.31. The lowest BCUT2D eigenvalue weighted by Gasteiger charge is -2.12. The van der Waals surface area contributed by atoms with Crippen LogP contribution in [0.5, 0.6) is 0 Å². The Morgan fingerprint density at radius 1 is 1.37 bits per heavy atom. The summed E-state index contributed by atoms with van der Waals surface area (Å²) in [7, 11) is 0. The Bertz CT molecular complexity index is 536. The van der Waals surface area contributed by atoms with E-state index in [4.69, 9.17) is 5.26 Å². The topological polar surface area (TPSA) is 73.2 Å². The predicted octanol–water partition coefficient (Wildman–Crippen LogP) is 1.74. The van der Waals surface area contributed by atoms with Gasteiger partial charge in [-0.25, -0.2) is 9.69 Å². The maximum Gasteiger partial charge on any atom is 0.329 e. The number of carbonyl (C=O) groups is 2. The number of amides is 3. The Morgan fingerprint density at radius 2 is 2.05 bits per heavy atom. The van der Waals surface area contributed by atoms with Gasteiger partial charge in [-0.1, -0.05) is 0 Å². The molecule has 5 nitrogen and oxygen atoms in total. The van der Waals surface area contributed by atoms with Gasteiger partial charge in [0.2, 0.25) is 0 Å². The van der Waals surface area contributed by atoms with Crippen LogP contribution in [0, 0.1) is 11.3 Å². The van der Waals surface area contributed by atoms with E-state index in [1.165, 1.54) is 0 Å². The molecule has 1 aliphatic rings. The first-order valence-corrected chi connectivity index (χ1v) is 7.20. The molecule has 0 bridgehead atoms. The smallest absolute Gasteiger partial charge is 0.325 e. The van der Waals surface area contributed by atoms with Crippen molar-refractivity contribution >= 4 is 29.4 Å². The molecule has 6 heteroatoms. The summed E-state index contributed by atoms with van der Waals surface area (Å²) in [4.78, 5) is 25.1. The Labute approximate surface area is 115 Å². The third-order valence-corrected chi connectivity index (χ3v) is 3.53. The van der Waals surface area contributed by atoms with Crippen molar-refractivity contribution in [1.29, 1.82) is 5.26 Å². The number of hydrogen-bond acceptors (Lipinski definition) is 4. The number of anilines is 1. The fourth-order valence-electron chi connectivity index (χ4n) is 1.89. The second-order valence-corrected chi connectivity index (χ2v) is 5.10. The molecule has 1 aromatic carbocycles. The van der Waals surface area contributed by atoms with Gasteiger partial charge in [-0.05, 0) is 42.7 Å². The highest BCUT2D eigenvalue weighted by Gasteiger charge is 2.38. The van der Waals surface area contributed by atoms with Gasteiger partial charge in [-0.2, -0.15) is 17.0 Å². The van der Waals surface area contributed by atoms with E-state index in [9.17, 15) is 9.59 Å². The number of thioether (sulfide) groups is 1. The number of carbonyl (C=O) groups excluding carboxylic acids is 2. The molecule has 1 saturated heterocycles. The minimum atomic E-state index is -0.449. The van der Waals surface area contributed by atoms with E-state index >= 15 is 0 Å². The SMILES string of the molecule is CSCCC1NC(=O)N(c2ccc(C#N)cc2)C1=O. The molecule has 1 unspecified atom stereocenters. The van der Waals surface area contributed by atoms with Crippen LogP contribution < -0.4 is 10.2 Å². The molecule has 2 rings (SSSR count). The van der Waals surface area contributed by atoms with Crippen molar-refractivity contribution in [3.05, 3.63) is 29.8 Å². The van der Waals surface area contributed by atoms with E-state index in [1.807, 2.05) is 12.3 Å². The Morgan fingerprint density at radius 3 is 2.63 bits per heavy atom. The van der Waals surface area contributed by atoms with E-state index < -0.39 is 12.1 Å². The van der Waals surface area contributed by atoms with Crippen LogP contribution >= 0.6 is 11.8 Å². The van der Waals surface area contributed by atoms with Gasteiger partial charge < -0.3 is 5.32 Å². The standard InChI is InChI=1S/C13H13N3O2S/c1-19-7-6-11-12(17)16(13(18)15-11)10-4-2-9(8-14)3-5-10/h2-5,11H,6-7H2,1H3,(H,15,18). The van der Waals surface area contributed by atoms with E-state index in [0.717, 1.165) is 10.7 Å². The van der Waals surface area contributed by atoms with Crippen molar-refractivity contribution in [3.63, 3.8) is 0 Å². The number of benzene rings is 1. The monoisotopic (exact) mass is 275 g/mol. The molecule has 0 aliphatic carbocycles. The van der Waals surface area contributed by atoms with Gasteiger partial charge in [-0.15, -0.1) is 0 Å². The average Bonchev–Trinajstić information content (AvgIpc) is 2.71. The summed E-state index contributed by atoms with van der Waals surface area (Å²) in [5.41, 5.74) is 0.989. The highest BCUT2D eigenvalue weighted by atomic mass is 32.2. The van der Waals surface area contributed by atoms with Crippen LogP contribution in [-0.2, 0) is 4.79 Å². The third-order valence-electron chi connectivity index (χ3n) is 2.88. The lowest BCUT2D eigenvalue weighted by molar-refractivity contribution is -0.118. The van der Waals surface area contributed by atoms with Crippen molar-refractivity contribution in [2.45, 2.75) is 12.5 Å². The molecule has 19 heavy (non-hydrogen) atoms. The number of nitrogens with zero attached hydrogens (tertiary/aromatic N) is 2. The second-order valence-electron chi connectivity index (χ2n) is 4.12. The van der Waals surface area contributed by atoms with Crippen LogP contribution in [-0.4, -0.2) is 30.0 Å². The van der Waals surface area contributed by atoms with Crippen molar-refractivity contribution in [1.82, 2.24) is 5.32 Å². The van der Waals surface area contributed by atoms with E-state index in [2.05, 4.69) is 5.32 Å². The highest BCUT2D eigenvalue weighted by Crippen LogP contribution is 2.21. The van der Waals surface area contributed by atoms with E-state index in [0.29, 0.717) is 17.7 Å². The molecule has 1 aliphatic heterocycles. The van der Waals surface area contributed by atoms with Crippen LogP contribution in [0.2, 0.25) is 0 Å². The second kappa shape index (κ2) is 5.76. The van der Waals surface area contributed by atoms with Crippen molar-refractivity contribution < 1.29 is 9.59 Å². The molecule has 1 atom stereocenters. The summed E-state index contributed by atoms with van der Waals surface area (Å²) in [6, 6.07) is 7.53. The highest BCUT2D eigenvalue weighted by molar-refractivity contribution is 7.98. The summed E-state index contributed by atoms with van der Waals surface area (Å²) < 4.78 is 0. The molecule has 1 fully saturated rings. The molecule has 1 N–H and O–H groups in total. The van der Waals surface area contributed by atoms with Crippen molar-refractivity contribution in [2.24, 2.45) is 0 Å². The number of rotatable bonds is 4. The fraction of sp³-hybridized carbons (Fsp3) is 0.308. The summed E-state index contributed by atoms with van der Waals surface area (Å²) in [5, 5.41) is 11.4. The molecule has 1 aromatic rings. The van der Waals surface area contributed by atoms with Crippen molar-refractivity contribution in [3.8, 4) is 6.07 Å². The Kier molecular flexibility index (Phi) is 4.07. The number of hydrogen-bond donors (Lipinski definition) is 1. The molecular formula is C13H13N3O2S. The van der Waals surface area contributed by atoms with Crippen LogP contribution in [0.4, 0.5) is 10.5 Å². The minimum absolute atomic E-state index is 0.233. The molecule has 0 aromatic heterocycles. The maximum absolute atomic E-state index is 12.1. The molecule has 3 amide bonds. The fourth-order valence-corrected chi connectivity index (χ4v) is 2.36. The molecular weight excluding hydrogens is 262 g/mol. The third kappa shape index (κ3) is 2.71. The largest absolute Gasteiger partial charge is 0.329 e. The zero-order valence-electron chi connectivity index (χ0n) is 10.4. The summed E-state index contributed by atoms with van der Waals surface area (Å²) in [5.74, 6) is 0.585. The zero-order chi connectivity index (χ0) is 13.8. The first-order valence-electron chi connectivity index (χ1n) is 5.81. The number of imide groups is 1. The molecule has 98 valence electrons.